The number of phenolic OH excluding ortho intramolecular Hbond substituents is 1. The van der Waals surface area contributed by atoms with E-state index in [1.165, 1.54) is 6.08 Å². The van der Waals surface area contributed by atoms with Crippen LogP contribution in [0, 0.1) is 6.92 Å². The third kappa shape index (κ3) is 5.07. The highest BCUT2D eigenvalue weighted by Crippen LogP contribution is 2.35. The Balaban J connectivity index is 0.000000687. The van der Waals surface area contributed by atoms with Crippen LogP contribution in [0.25, 0.3) is 11.8 Å². The van der Waals surface area contributed by atoms with Gasteiger partial charge in [0.2, 0.25) is 0 Å². The van der Waals surface area contributed by atoms with Gasteiger partial charge in [0.25, 0.3) is 0 Å². The molecule has 29 heavy (non-hydrogen) atoms. The number of hydrogen-bond acceptors (Lipinski definition) is 6. The lowest BCUT2D eigenvalue weighted by Gasteiger charge is -2.16. The second kappa shape index (κ2) is 9.95. The van der Waals surface area contributed by atoms with Crippen molar-refractivity contribution in [2.75, 3.05) is 33.0 Å². The number of nitrogens with one attached hydrogen (secondary N) is 1. The second-order valence-corrected chi connectivity index (χ2v) is 7.08. The Morgan fingerprint density at radius 1 is 1.38 bits per heavy atom. The summed E-state index contributed by atoms with van der Waals surface area (Å²) in [6, 6.07) is 7.01. The fourth-order valence-corrected chi connectivity index (χ4v) is 3.64. The molecule has 6 N–H and O–H groups in total. The number of anilines is 1. The highest BCUT2D eigenvalue weighted by atomic mass is 16.5. The van der Waals surface area contributed by atoms with Gasteiger partial charge in [0.15, 0.2) is 0 Å². The first-order valence-corrected chi connectivity index (χ1v) is 9.35. The number of H-pyrrole nitrogens is 1. The molecule has 0 spiro atoms. The number of nitrogens with two attached hydrogens (primary N) is 2. The number of carbonyl (C=O) groups is 1. The van der Waals surface area contributed by atoms with Gasteiger partial charge in [0, 0.05) is 48.6 Å². The molecule has 156 valence electrons. The minimum Gasteiger partial charge on any atom is -0.507 e. The number of rotatable bonds is 5. The lowest BCUT2D eigenvalue weighted by atomic mass is 9.97. The van der Waals surface area contributed by atoms with Crippen molar-refractivity contribution in [1.29, 1.82) is 0 Å². The predicted octanol–water partition coefficient (Wildman–Crippen LogP) is 2.48. The number of hydrogen-bond donors (Lipinski definition) is 4. The average Bonchev–Trinajstić information content (AvgIpc) is 3.22. The van der Waals surface area contributed by atoms with Crippen molar-refractivity contribution < 1.29 is 14.6 Å². The van der Waals surface area contributed by atoms with E-state index in [4.69, 9.17) is 21.0 Å². The van der Waals surface area contributed by atoms with E-state index in [-0.39, 0.29) is 17.8 Å². The lowest BCUT2D eigenvalue weighted by Crippen LogP contribution is -2.20. The van der Waals surface area contributed by atoms with Gasteiger partial charge in [-0.15, -0.1) is 0 Å². The first kappa shape index (κ1) is 22.3. The Labute approximate surface area is 171 Å². The van der Waals surface area contributed by atoms with E-state index in [2.05, 4.69) is 23.5 Å². The number of para-hydroxylation sites is 1. The van der Waals surface area contributed by atoms with E-state index in [0.29, 0.717) is 23.4 Å². The van der Waals surface area contributed by atoms with Crippen molar-refractivity contribution in [3.63, 3.8) is 0 Å². The van der Waals surface area contributed by atoms with Crippen LogP contribution in [0.3, 0.4) is 0 Å². The van der Waals surface area contributed by atoms with Crippen LogP contribution < -0.4 is 11.5 Å². The van der Waals surface area contributed by atoms with Crippen LogP contribution in [0.2, 0.25) is 0 Å². The maximum atomic E-state index is 9.99. The largest absolute Gasteiger partial charge is 0.507 e. The molecule has 1 saturated heterocycles. The number of nitrogen functional groups attached to an aromatic ring is 1. The van der Waals surface area contributed by atoms with Gasteiger partial charge in [0.05, 0.1) is 6.10 Å². The van der Waals surface area contributed by atoms with E-state index in [1.807, 2.05) is 19.1 Å². The third-order valence-electron chi connectivity index (χ3n) is 5.10. The van der Waals surface area contributed by atoms with E-state index >= 15 is 0 Å². The van der Waals surface area contributed by atoms with Crippen LogP contribution >= 0.6 is 0 Å². The van der Waals surface area contributed by atoms with Crippen LogP contribution in [0.5, 0.6) is 5.75 Å². The van der Waals surface area contributed by atoms with Crippen LogP contribution in [-0.4, -0.2) is 54.6 Å². The second-order valence-electron chi connectivity index (χ2n) is 7.08. The molecule has 7 heteroatoms. The third-order valence-corrected chi connectivity index (χ3v) is 5.10. The molecule has 1 fully saturated rings. The number of phenols is 1. The zero-order chi connectivity index (χ0) is 21.6. The maximum absolute atomic E-state index is 9.99. The molecule has 2 atom stereocenters. The van der Waals surface area contributed by atoms with E-state index < -0.39 is 0 Å². The van der Waals surface area contributed by atoms with Gasteiger partial charge in [-0.3, -0.25) is 4.79 Å². The van der Waals surface area contributed by atoms with Crippen molar-refractivity contribution >= 4 is 23.9 Å². The Kier molecular flexibility index (Phi) is 7.64. The number of carbonyl (C=O) groups excluding carboxylic acids is 1. The molecule has 2 heterocycles. The first-order chi connectivity index (χ1) is 13.8. The zero-order valence-corrected chi connectivity index (χ0v) is 17.2. The predicted molar refractivity (Wildman–Crippen MR) is 117 cm³/mol. The number of aromatic nitrogens is 1. The molecule has 0 aliphatic carbocycles. The quantitative estimate of drug-likeness (QED) is 0.454. The number of aromatic amines is 1. The van der Waals surface area contributed by atoms with Gasteiger partial charge in [-0.1, -0.05) is 18.7 Å². The molecule has 1 aromatic carbocycles. The van der Waals surface area contributed by atoms with Gasteiger partial charge in [-0.05, 0) is 43.8 Å². The van der Waals surface area contributed by atoms with Crippen molar-refractivity contribution in [2.24, 2.45) is 5.73 Å². The normalized spacial score (nSPS) is 19.5. The number of likely N-dealkylation sites (tertiary alicyclic amines) is 1. The number of allylic oxidation sites excluding steroid dienone is 1. The Hall–Kier alpha value is -3.03. The number of nitrogens with zero attached hydrogens (tertiary/aromatic N) is 1. The molecule has 2 aromatic rings. The summed E-state index contributed by atoms with van der Waals surface area (Å²) in [5.41, 5.74) is 16.5. The summed E-state index contributed by atoms with van der Waals surface area (Å²) in [4.78, 5) is 14.6. The number of aldehydes is 1. The van der Waals surface area contributed by atoms with Crippen molar-refractivity contribution in [1.82, 2.24) is 9.88 Å². The summed E-state index contributed by atoms with van der Waals surface area (Å²) in [5, 5.41) is 9.99. The fourth-order valence-electron chi connectivity index (χ4n) is 3.64. The molecule has 7 nitrogen and oxygen atoms in total. The highest BCUT2D eigenvalue weighted by molar-refractivity contribution is 5.85. The molecular formula is C22H30N4O3. The highest BCUT2D eigenvalue weighted by Gasteiger charge is 2.34. The summed E-state index contributed by atoms with van der Waals surface area (Å²) >= 11 is 0. The number of aromatic hydroxyl groups is 1. The van der Waals surface area contributed by atoms with Gasteiger partial charge in [-0.25, -0.2) is 0 Å². The molecule has 1 aliphatic rings. The molecule has 0 bridgehead atoms. The van der Waals surface area contributed by atoms with E-state index in [0.717, 1.165) is 29.9 Å². The summed E-state index contributed by atoms with van der Waals surface area (Å²) < 4.78 is 5.64. The minimum atomic E-state index is 0.133. The van der Waals surface area contributed by atoms with Crippen LogP contribution in [0.15, 0.2) is 36.9 Å². The lowest BCUT2D eigenvalue weighted by molar-refractivity contribution is -0.104. The van der Waals surface area contributed by atoms with Crippen molar-refractivity contribution in [3.8, 4) is 5.75 Å². The monoisotopic (exact) mass is 398 g/mol. The number of likely N-dealkylation sites (N-methyl/N-ethyl adjacent to an activating group) is 1. The number of ether oxygens (including phenoxy) is 1. The molecular weight excluding hydrogens is 368 g/mol. The first-order valence-electron chi connectivity index (χ1n) is 9.35. The molecule has 0 unspecified atom stereocenters. The Bertz CT molecular complexity index is 882. The smallest absolute Gasteiger partial charge is 0.142 e. The molecule has 0 amide bonds. The number of benzene rings is 1. The summed E-state index contributed by atoms with van der Waals surface area (Å²) in [5.74, 6) is 0.973. The van der Waals surface area contributed by atoms with Crippen LogP contribution in [-0.2, 0) is 9.53 Å². The molecule has 3 rings (SSSR count). The van der Waals surface area contributed by atoms with Gasteiger partial charge in [0.1, 0.15) is 17.9 Å². The molecule has 1 aromatic heterocycles. The van der Waals surface area contributed by atoms with Gasteiger partial charge in [-0.2, -0.15) is 0 Å². The van der Waals surface area contributed by atoms with Gasteiger partial charge < -0.3 is 31.2 Å². The fraction of sp³-hybridized carbons (Fsp3) is 0.318. The standard InChI is InChI=1S/C19H26N4O2.C3H4O/c1-11-13(8-15(20)12-6-4-5-7-16(12)24)19(21)22-18(11)14-9-23(2)10-17(14)25-3;1-2-3-4/h4-8,14,17,22,24H,9-10,20-21H2,1-3H3;2-3H,1H2/b15-8-;/t14-,17+;/m1./s1. The van der Waals surface area contributed by atoms with Crippen LogP contribution in [0.1, 0.15) is 28.3 Å². The Morgan fingerprint density at radius 2 is 2.03 bits per heavy atom. The van der Waals surface area contributed by atoms with Crippen molar-refractivity contribution in [3.05, 3.63) is 59.3 Å². The van der Waals surface area contributed by atoms with Gasteiger partial charge >= 0.3 is 0 Å². The maximum Gasteiger partial charge on any atom is 0.142 e. The van der Waals surface area contributed by atoms with Crippen LogP contribution in [0.4, 0.5) is 5.82 Å². The summed E-state index contributed by atoms with van der Waals surface area (Å²) in [6.45, 7) is 6.96. The number of methoxy groups -OCH3 is 1. The zero-order valence-electron chi connectivity index (χ0n) is 17.2. The minimum absolute atomic E-state index is 0.133. The van der Waals surface area contributed by atoms with E-state index in [9.17, 15) is 5.11 Å². The van der Waals surface area contributed by atoms with Crippen molar-refractivity contribution in [2.45, 2.75) is 18.9 Å². The molecule has 0 radical (unpaired) electrons. The molecule has 1 aliphatic heterocycles. The average molecular weight is 399 g/mol. The topological polar surface area (TPSA) is 118 Å². The molecule has 0 saturated carbocycles. The Morgan fingerprint density at radius 3 is 2.62 bits per heavy atom. The summed E-state index contributed by atoms with van der Waals surface area (Å²) in [7, 11) is 3.83. The SMILES string of the molecule is C=CC=O.CO[C@H]1CN(C)C[C@H]1c1[nH]c(N)c(/C=C(\N)c2ccccc2O)c1C. The van der Waals surface area contributed by atoms with E-state index in [1.54, 1.807) is 25.3 Å². The summed E-state index contributed by atoms with van der Waals surface area (Å²) in [6.07, 6.45) is 3.79.